The first-order chi connectivity index (χ1) is 14.7. The molecule has 6 nitrogen and oxygen atoms in total. The van der Waals surface area contributed by atoms with Crippen LogP contribution in [0, 0.1) is 13.8 Å². The SMILES string of the molecule is COc1cc2c(cc1OC)CN(CCCCNS(=O)(=O)c1cc(C)c(Cl)cc1C)CC2.Cl. The second-order valence-electron chi connectivity index (χ2n) is 7.97. The number of aryl methyl sites for hydroxylation is 2. The number of halogens is 2. The van der Waals surface area contributed by atoms with Gasteiger partial charge in [-0.15, -0.1) is 12.4 Å². The van der Waals surface area contributed by atoms with E-state index in [0.29, 0.717) is 22.0 Å². The van der Waals surface area contributed by atoms with Gasteiger partial charge in [-0.05, 0) is 86.2 Å². The number of unbranched alkanes of at least 4 members (excludes halogenated alkanes) is 1. The van der Waals surface area contributed by atoms with Gasteiger partial charge in [-0.25, -0.2) is 13.1 Å². The molecule has 2 aromatic carbocycles. The summed E-state index contributed by atoms with van der Waals surface area (Å²) in [6.07, 6.45) is 2.67. The van der Waals surface area contributed by atoms with E-state index >= 15 is 0 Å². The maximum absolute atomic E-state index is 12.6. The van der Waals surface area contributed by atoms with Crippen molar-refractivity contribution in [3.8, 4) is 11.5 Å². The number of hydrogen-bond donors (Lipinski definition) is 1. The summed E-state index contributed by atoms with van der Waals surface area (Å²) in [6, 6.07) is 7.46. The van der Waals surface area contributed by atoms with Gasteiger partial charge in [-0.2, -0.15) is 0 Å². The van der Waals surface area contributed by atoms with E-state index in [-0.39, 0.29) is 12.4 Å². The van der Waals surface area contributed by atoms with Gasteiger partial charge in [0.2, 0.25) is 10.0 Å². The smallest absolute Gasteiger partial charge is 0.240 e. The topological polar surface area (TPSA) is 67.9 Å². The standard InChI is InChI=1S/C23H31ClN2O4S.ClH/c1-16-12-23(17(2)11-20(16)24)31(27,28)25-8-5-6-9-26-10-7-18-13-21(29-3)22(30-4)14-19(18)15-26;/h11-14,25H,5-10,15H2,1-4H3;1H. The Morgan fingerprint density at radius 2 is 1.66 bits per heavy atom. The molecular weight excluding hydrogens is 471 g/mol. The van der Waals surface area contributed by atoms with Crippen molar-refractivity contribution < 1.29 is 17.9 Å². The van der Waals surface area contributed by atoms with Crippen molar-refractivity contribution in [2.75, 3.05) is 33.9 Å². The molecule has 1 heterocycles. The normalized spacial score (nSPS) is 13.9. The zero-order valence-corrected chi connectivity index (χ0v) is 21.4. The predicted octanol–water partition coefficient (Wildman–Crippen LogP) is 4.51. The van der Waals surface area contributed by atoms with E-state index in [9.17, 15) is 8.42 Å². The highest BCUT2D eigenvalue weighted by Gasteiger charge is 2.20. The quantitative estimate of drug-likeness (QED) is 0.510. The fourth-order valence-corrected chi connectivity index (χ4v) is 5.52. The Morgan fingerprint density at radius 1 is 1.00 bits per heavy atom. The maximum Gasteiger partial charge on any atom is 0.240 e. The van der Waals surface area contributed by atoms with Gasteiger partial charge in [0.15, 0.2) is 11.5 Å². The Kier molecular flexibility index (Phi) is 9.67. The van der Waals surface area contributed by atoms with Crippen molar-refractivity contribution in [1.29, 1.82) is 0 Å². The van der Waals surface area contributed by atoms with Gasteiger partial charge < -0.3 is 9.47 Å². The second-order valence-corrected chi connectivity index (χ2v) is 10.1. The first-order valence-corrected chi connectivity index (χ1v) is 12.3. The molecule has 0 fully saturated rings. The Hall–Kier alpha value is -1.51. The number of benzene rings is 2. The fourth-order valence-electron chi connectivity index (χ4n) is 3.92. The van der Waals surface area contributed by atoms with Crippen LogP contribution >= 0.6 is 24.0 Å². The molecule has 0 saturated carbocycles. The molecule has 1 N–H and O–H groups in total. The van der Waals surface area contributed by atoms with Crippen LogP contribution in [0.4, 0.5) is 0 Å². The maximum atomic E-state index is 12.6. The summed E-state index contributed by atoms with van der Waals surface area (Å²) in [5, 5.41) is 0.579. The Labute approximate surface area is 202 Å². The van der Waals surface area contributed by atoms with E-state index in [4.69, 9.17) is 21.1 Å². The lowest BCUT2D eigenvalue weighted by atomic mass is 9.98. The number of methoxy groups -OCH3 is 2. The van der Waals surface area contributed by atoms with Crippen LogP contribution in [0.1, 0.15) is 35.1 Å². The fraction of sp³-hybridized carbons (Fsp3) is 0.478. The van der Waals surface area contributed by atoms with Crippen LogP contribution in [0.15, 0.2) is 29.2 Å². The van der Waals surface area contributed by atoms with E-state index in [1.807, 2.05) is 6.92 Å². The van der Waals surface area contributed by atoms with E-state index < -0.39 is 10.0 Å². The highest BCUT2D eigenvalue weighted by Crippen LogP contribution is 2.33. The van der Waals surface area contributed by atoms with Crippen molar-refractivity contribution >= 4 is 34.0 Å². The predicted molar refractivity (Wildman–Crippen MR) is 131 cm³/mol. The molecule has 0 unspecified atom stereocenters. The molecule has 0 bridgehead atoms. The Morgan fingerprint density at radius 3 is 2.31 bits per heavy atom. The molecule has 32 heavy (non-hydrogen) atoms. The highest BCUT2D eigenvalue weighted by molar-refractivity contribution is 7.89. The molecule has 0 aromatic heterocycles. The number of rotatable bonds is 9. The van der Waals surface area contributed by atoms with Gasteiger partial charge in [0.05, 0.1) is 19.1 Å². The molecule has 0 atom stereocenters. The minimum atomic E-state index is -3.54. The lowest BCUT2D eigenvalue weighted by molar-refractivity contribution is 0.248. The minimum absolute atomic E-state index is 0. The number of ether oxygens (including phenoxy) is 2. The van der Waals surface area contributed by atoms with Crippen molar-refractivity contribution in [2.45, 2.75) is 44.6 Å². The Balaban J connectivity index is 0.00000363. The van der Waals surface area contributed by atoms with Crippen LogP contribution in [-0.2, 0) is 23.0 Å². The van der Waals surface area contributed by atoms with E-state index in [1.165, 1.54) is 11.1 Å². The summed E-state index contributed by atoms with van der Waals surface area (Å²) in [5.41, 5.74) is 3.97. The van der Waals surface area contributed by atoms with Gasteiger partial charge in [0, 0.05) is 24.7 Å². The highest BCUT2D eigenvalue weighted by atomic mass is 35.5. The second kappa shape index (κ2) is 11.6. The molecule has 0 spiro atoms. The third kappa shape index (κ3) is 6.29. The van der Waals surface area contributed by atoms with Crippen LogP contribution in [-0.4, -0.2) is 47.2 Å². The average molecular weight is 503 g/mol. The number of hydrogen-bond acceptors (Lipinski definition) is 5. The molecule has 0 aliphatic carbocycles. The zero-order chi connectivity index (χ0) is 22.6. The van der Waals surface area contributed by atoms with E-state index in [2.05, 4.69) is 21.8 Å². The monoisotopic (exact) mass is 502 g/mol. The van der Waals surface area contributed by atoms with Crippen LogP contribution in [0.2, 0.25) is 5.02 Å². The van der Waals surface area contributed by atoms with Crippen molar-refractivity contribution in [3.05, 3.63) is 51.5 Å². The van der Waals surface area contributed by atoms with Crippen molar-refractivity contribution in [2.24, 2.45) is 0 Å². The summed E-state index contributed by atoms with van der Waals surface area (Å²) in [7, 11) is -0.231. The van der Waals surface area contributed by atoms with Gasteiger partial charge in [-0.3, -0.25) is 4.90 Å². The average Bonchev–Trinajstić information content (AvgIpc) is 2.74. The van der Waals surface area contributed by atoms with Crippen LogP contribution in [0.25, 0.3) is 0 Å². The van der Waals surface area contributed by atoms with E-state index in [1.54, 1.807) is 33.3 Å². The minimum Gasteiger partial charge on any atom is -0.493 e. The van der Waals surface area contributed by atoms with Crippen LogP contribution in [0.5, 0.6) is 11.5 Å². The summed E-state index contributed by atoms with van der Waals surface area (Å²) < 4.78 is 38.8. The van der Waals surface area contributed by atoms with Crippen LogP contribution in [0.3, 0.4) is 0 Å². The summed E-state index contributed by atoms with van der Waals surface area (Å²) in [4.78, 5) is 2.70. The largest absolute Gasteiger partial charge is 0.493 e. The van der Waals surface area contributed by atoms with Gasteiger partial charge >= 0.3 is 0 Å². The van der Waals surface area contributed by atoms with Crippen molar-refractivity contribution in [1.82, 2.24) is 9.62 Å². The summed E-state index contributed by atoms with van der Waals surface area (Å²) in [6.45, 7) is 6.76. The number of nitrogens with one attached hydrogen (secondary N) is 1. The third-order valence-corrected chi connectivity index (χ3v) is 7.75. The van der Waals surface area contributed by atoms with Gasteiger partial charge in [0.1, 0.15) is 0 Å². The van der Waals surface area contributed by atoms with Crippen LogP contribution < -0.4 is 14.2 Å². The molecular formula is C23H32Cl2N2O4S. The first-order valence-electron chi connectivity index (χ1n) is 10.5. The van der Waals surface area contributed by atoms with Gasteiger partial charge in [0.25, 0.3) is 0 Å². The molecule has 0 saturated heterocycles. The molecule has 178 valence electrons. The summed E-state index contributed by atoms with van der Waals surface area (Å²) in [5.74, 6) is 1.53. The Bertz CT molecular complexity index is 1040. The summed E-state index contributed by atoms with van der Waals surface area (Å²) >= 11 is 6.09. The molecule has 0 amide bonds. The molecule has 1 aliphatic heterocycles. The zero-order valence-electron chi connectivity index (χ0n) is 19.0. The third-order valence-electron chi connectivity index (χ3n) is 5.74. The molecule has 0 radical (unpaired) electrons. The lowest BCUT2D eigenvalue weighted by Gasteiger charge is -2.29. The van der Waals surface area contributed by atoms with E-state index in [0.717, 1.165) is 56.0 Å². The van der Waals surface area contributed by atoms with Crippen molar-refractivity contribution in [3.63, 3.8) is 0 Å². The number of nitrogens with zero attached hydrogens (tertiary/aromatic N) is 1. The molecule has 2 aromatic rings. The number of fused-ring (bicyclic) bond motifs is 1. The number of sulfonamides is 1. The molecule has 9 heteroatoms. The molecule has 3 rings (SSSR count). The lowest BCUT2D eigenvalue weighted by Crippen LogP contribution is -2.32. The molecule has 1 aliphatic rings. The van der Waals surface area contributed by atoms with Gasteiger partial charge in [-0.1, -0.05) is 11.6 Å². The first kappa shape index (κ1) is 26.7.